The molecule has 3 heterocycles. The molecule has 0 saturated carbocycles. The molecule has 0 radical (unpaired) electrons. The maximum absolute atomic E-state index is 12.3. The molecule has 0 unspecified atom stereocenters. The standard InChI is InChI=1S/C44H50N6O6/c1-31(51)49-43(35-9-5-3-6-10-35)25-41(45-49)33-13-17-39(18-14-33)55-29-37(53)27-47-21-23-48(24-22-47)28-38(54)30-56-40-19-15-34(16-20-40)42-26-44(50(46-42)32(2)52)36-11-7-4-8-12-36/h3-20,37-38,43-44,53-54H,21-30H2,1-2H3/t37-,38-,43-,44+/m0/s1. The quantitative estimate of drug-likeness (QED) is 0.186. The average molecular weight is 759 g/mol. The minimum Gasteiger partial charge on any atom is -0.491 e. The van der Waals surface area contributed by atoms with E-state index in [4.69, 9.17) is 9.47 Å². The molecule has 1 saturated heterocycles. The highest BCUT2D eigenvalue weighted by atomic mass is 16.5. The summed E-state index contributed by atoms with van der Waals surface area (Å²) in [7, 11) is 0. The fourth-order valence-corrected chi connectivity index (χ4v) is 7.55. The summed E-state index contributed by atoms with van der Waals surface area (Å²) in [5.41, 5.74) is 5.67. The van der Waals surface area contributed by atoms with Crippen LogP contribution in [0.15, 0.2) is 119 Å². The SMILES string of the molecule is CC(=O)N1N=C(c2ccc(OC[C@@H](O)CN3CCN(C[C@H](O)COc4ccc(C5=NN(C(C)=O)[C@H](c6ccccc6)C5)cc4)CC3)cc2)C[C@@H]1c1ccccc1. The van der Waals surface area contributed by atoms with Gasteiger partial charge in [-0.3, -0.25) is 19.4 Å². The zero-order chi connectivity index (χ0) is 39.0. The smallest absolute Gasteiger partial charge is 0.240 e. The third kappa shape index (κ3) is 9.69. The van der Waals surface area contributed by atoms with Gasteiger partial charge in [-0.2, -0.15) is 10.2 Å². The zero-order valence-electron chi connectivity index (χ0n) is 32.0. The minimum absolute atomic E-state index is 0.0929. The van der Waals surface area contributed by atoms with E-state index in [0.29, 0.717) is 37.4 Å². The van der Waals surface area contributed by atoms with Gasteiger partial charge in [0.25, 0.3) is 0 Å². The monoisotopic (exact) mass is 758 g/mol. The van der Waals surface area contributed by atoms with Gasteiger partial charge in [0.15, 0.2) is 0 Å². The number of benzene rings is 4. The van der Waals surface area contributed by atoms with Gasteiger partial charge in [0.1, 0.15) is 36.9 Å². The third-order valence-electron chi connectivity index (χ3n) is 10.5. The van der Waals surface area contributed by atoms with Crippen molar-refractivity contribution in [1.82, 2.24) is 19.8 Å². The zero-order valence-corrected chi connectivity index (χ0v) is 32.0. The summed E-state index contributed by atoms with van der Waals surface area (Å²) < 4.78 is 11.8. The van der Waals surface area contributed by atoms with Gasteiger partial charge in [-0.1, -0.05) is 60.7 Å². The molecule has 0 aliphatic carbocycles. The van der Waals surface area contributed by atoms with Crippen LogP contribution in [0, 0.1) is 0 Å². The van der Waals surface area contributed by atoms with Crippen LogP contribution in [0.25, 0.3) is 0 Å². The first-order valence-electron chi connectivity index (χ1n) is 19.3. The van der Waals surface area contributed by atoms with E-state index in [2.05, 4.69) is 20.0 Å². The minimum atomic E-state index is -0.652. The first-order chi connectivity index (χ1) is 27.2. The first kappa shape index (κ1) is 38.9. The number of carbonyl (C=O) groups excluding carboxylic acids is 2. The lowest BCUT2D eigenvalue weighted by atomic mass is 9.98. The lowest BCUT2D eigenvalue weighted by Gasteiger charge is -2.36. The molecule has 3 aliphatic rings. The Morgan fingerprint density at radius 1 is 0.589 bits per heavy atom. The molecule has 0 bridgehead atoms. The van der Waals surface area contributed by atoms with Crippen molar-refractivity contribution in [2.45, 2.75) is 51.0 Å². The van der Waals surface area contributed by atoms with Crippen molar-refractivity contribution >= 4 is 23.2 Å². The highest BCUT2D eigenvalue weighted by Crippen LogP contribution is 2.34. The molecule has 56 heavy (non-hydrogen) atoms. The number of β-amino-alcohol motifs (C(OH)–C–C–N with tert-alkyl or cyclic N) is 2. The molecular formula is C44H50N6O6. The van der Waals surface area contributed by atoms with Crippen LogP contribution in [-0.4, -0.2) is 118 Å². The fourth-order valence-electron chi connectivity index (χ4n) is 7.55. The molecule has 2 N–H and O–H groups in total. The first-order valence-corrected chi connectivity index (χ1v) is 19.3. The molecule has 7 rings (SSSR count). The van der Waals surface area contributed by atoms with Crippen molar-refractivity contribution in [3.63, 3.8) is 0 Å². The molecule has 4 aromatic carbocycles. The van der Waals surface area contributed by atoms with E-state index in [-0.39, 0.29) is 37.1 Å². The van der Waals surface area contributed by atoms with Crippen molar-refractivity contribution < 1.29 is 29.3 Å². The van der Waals surface area contributed by atoms with Gasteiger partial charge in [-0.25, -0.2) is 10.0 Å². The Bertz CT molecular complexity index is 1840. The van der Waals surface area contributed by atoms with Crippen LogP contribution in [-0.2, 0) is 9.59 Å². The van der Waals surface area contributed by atoms with Crippen LogP contribution in [0.4, 0.5) is 0 Å². The van der Waals surface area contributed by atoms with Crippen LogP contribution in [0.5, 0.6) is 11.5 Å². The van der Waals surface area contributed by atoms with Crippen molar-refractivity contribution in [1.29, 1.82) is 0 Å². The Morgan fingerprint density at radius 3 is 1.29 bits per heavy atom. The Morgan fingerprint density at radius 2 is 0.946 bits per heavy atom. The molecule has 2 amide bonds. The van der Waals surface area contributed by atoms with Gasteiger partial charge in [-0.15, -0.1) is 0 Å². The number of hydrazone groups is 2. The summed E-state index contributed by atoms with van der Waals surface area (Å²) in [6.45, 7) is 7.53. The van der Waals surface area contributed by atoms with Crippen LogP contribution >= 0.6 is 0 Å². The second-order valence-electron chi connectivity index (χ2n) is 14.7. The van der Waals surface area contributed by atoms with E-state index in [1.807, 2.05) is 109 Å². The summed E-state index contributed by atoms with van der Waals surface area (Å²) in [6.07, 6.45) is -0.0358. The van der Waals surface area contributed by atoms with Gasteiger partial charge in [-0.05, 0) is 70.8 Å². The van der Waals surface area contributed by atoms with E-state index < -0.39 is 12.2 Å². The van der Waals surface area contributed by atoms with Gasteiger partial charge < -0.3 is 19.7 Å². The second kappa shape index (κ2) is 18.0. The molecule has 1 fully saturated rings. The van der Waals surface area contributed by atoms with Crippen LogP contribution in [0.1, 0.15) is 61.0 Å². The number of hydrogen-bond donors (Lipinski definition) is 2. The average Bonchev–Trinajstić information content (AvgIpc) is 3.88. The summed E-state index contributed by atoms with van der Waals surface area (Å²) >= 11 is 0. The number of carbonyl (C=O) groups is 2. The molecule has 292 valence electrons. The molecule has 4 aromatic rings. The topological polar surface area (TPSA) is 131 Å². The van der Waals surface area contributed by atoms with Crippen molar-refractivity contribution in [2.24, 2.45) is 10.2 Å². The predicted molar refractivity (Wildman–Crippen MR) is 214 cm³/mol. The second-order valence-corrected chi connectivity index (χ2v) is 14.7. The van der Waals surface area contributed by atoms with Gasteiger partial charge in [0.2, 0.25) is 11.8 Å². The molecule has 12 nitrogen and oxygen atoms in total. The van der Waals surface area contributed by atoms with Gasteiger partial charge >= 0.3 is 0 Å². The predicted octanol–water partition coefficient (Wildman–Crippen LogP) is 4.88. The van der Waals surface area contributed by atoms with E-state index in [0.717, 1.165) is 59.9 Å². The normalized spacial score (nSPS) is 20.0. The van der Waals surface area contributed by atoms with Crippen LogP contribution in [0.3, 0.4) is 0 Å². The number of hydrogen-bond acceptors (Lipinski definition) is 10. The Hall–Kier alpha value is -5.40. The molecular weight excluding hydrogens is 709 g/mol. The molecule has 12 heteroatoms. The van der Waals surface area contributed by atoms with Crippen LogP contribution < -0.4 is 9.47 Å². The highest BCUT2D eigenvalue weighted by Gasteiger charge is 2.32. The number of aliphatic hydroxyl groups is 2. The number of nitrogens with zero attached hydrogens (tertiary/aromatic N) is 6. The molecule has 4 atom stereocenters. The van der Waals surface area contributed by atoms with E-state index in [1.165, 1.54) is 13.8 Å². The Kier molecular flexibility index (Phi) is 12.5. The Balaban J connectivity index is 0.799. The van der Waals surface area contributed by atoms with Gasteiger partial charge in [0, 0.05) is 66.0 Å². The summed E-state index contributed by atoms with van der Waals surface area (Å²) in [4.78, 5) is 29.1. The van der Waals surface area contributed by atoms with E-state index in [1.54, 1.807) is 10.0 Å². The van der Waals surface area contributed by atoms with E-state index >= 15 is 0 Å². The van der Waals surface area contributed by atoms with Crippen molar-refractivity contribution in [3.05, 3.63) is 131 Å². The number of piperazine rings is 1. The van der Waals surface area contributed by atoms with Crippen LogP contribution in [0.2, 0.25) is 0 Å². The fraction of sp³-hybridized carbons (Fsp3) is 0.364. The molecule has 0 spiro atoms. The summed E-state index contributed by atoms with van der Waals surface area (Å²) in [5.74, 6) is 1.13. The lowest BCUT2D eigenvalue weighted by molar-refractivity contribution is -0.131. The maximum Gasteiger partial charge on any atom is 0.240 e. The third-order valence-corrected chi connectivity index (χ3v) is 10.5. The number of rotatable bonds is 14. The van der Waals surface area contributed by atoms with Gasteiger partial charge in [0.05, 0.1) is 23.5 Å². The van der Waals surface area contributed by atoms with E-state index in [9.17, 15) is 19.8 Å². The lowest BCUT2D eigenvalue weighted by Crippen LogP contribution is -2.51. The van der Waals surface area contributed by atoms with Crippen molar-refractivity contribution in [3.8, 4) is 11.5 Å². The summed E-state index contributed by atoms with van der Waals surface area (Å²) in [6, 6.07) is 34.9. The largest absolute Gasteiger partial charge is 0.491 e. The number of amides is 2. The number of aliphatic hydroxyl groups excluding tert-OH is 2. The van der Waals surface area contributed by atoms with Crippen molar-refractivity contribution in [2.75, 3.05) is 52.5 Å². The number of ether oxygens (including phenoxy) is 2. The molecule has 3 aliphatic heterocycles. The molecule has 0 aromatic heterocycles. The summed E-state index contributed by atoms with van der Waals surface area (Å²) in [5, 5.41) is 33.9. The maximum atomic E-state index is 12.3. The highest BCUT2D eigenvalue weighted by molar-refractivity contribution is 6.04. The Labute approximate surface area is 328 Å².